The molecule has 10 nitrogen and oxygen atoms in total. The van der Waals surface area contributed by atoms with Crippen LogP contribution in [0.1, 0.15) is 5.56 Å². The molecule has 2 unspecified atom stereocenters. The fraction of sp³-hybridized carbons (Fsp3) is 0.400. The number of aliphatic hydroxyl groups is 2. The van der Waals surface area contributed by atoms with Gasteiger partial charge in [0.15, 0.2) is 12.2 Å². The molecule has 0 bridgehead atoms. The molecule has 140 valence electrons. The van der Waals surface area contributed by atoms with Crippen LogP contribution >= 0.6 is 0 Å². The average molecular weight is 358 g/mol. The first kappa shape index (κ1) is 22.5. The quantitative estimate of drug-likeness (QED) is 0.311. The largest absolute Gasteiger partial charge is 0.479 e. The van der Waals surface area contributed by atoms with Crippen molar-refractivity contribution in [2.24, 2.45) is 5.73 Å². The van der Waals surface area contributed by atoms with Crippen molar-refractivity contribution in [1.29, 1.82) is 0 Å². The van der Waals surface area contributed by atoms with Crippen LogP contribution in [0.25, 0.3) is 0 Å². The number of methoxy groups -OCH3 is 1. The lowest BCUT2D eigenvalue weighted by Gasteiger charge is -2.10. The van der Waals surface area contributed by atoms with Crippen LogP contribution in [-0.2, 0) is 25.7 Å². The Hall–Kier alpha value is -2.53. The molecule has 0 aromatic heterocycles. The average Bonchev–Trinajstić information content (AvgIpc) is 2.59. The van der Waals surface area contributed by atoms with Gasteiger partial charge in [0.1, 0.15) is 6.04 Å². The van der Waals surface area contributed by atoms with E-state index in [1.54, 1.807) is 0 Å². The fourth-order valence-electron chi connectivity index (χ4n) is 1.44. The summed E-state index contributed by atoms with van der Waals surface area (Å²) in [5.74, 6) is -3.73. The molecule has 1 amide bonds. The molecule has 0 spiro atoms. The Bertz CT molecular complexity index is 534. The van der Waals surface area contributed by atoms with Gasteiger partial charge in [0, 0.05) is 13.7 Å². The zero-order valence-electron chi connectivity index (χ0n) is 13.5. The molecule has 0 radical (unpaired) electrons. The van der Waals surface area contributed by atoms with Gasteiger partial charge in [-0.1, -0.05) is 30.3 Å². The number of amides is 1. The van der Waals surface area contributed by atoms with Gasteiger partial charge >= 0.3 is 11.9 Å². The second-order valence-corrected chi connectivity index (χ2v) is 4.83. The molecule has 0 aliphatic rings. The lowest BCUT2D eigenvalue weighted by molar-refractivity contribution is -0.165. The van der Waals surface area contributed by atoms with Gasteiger partial charge in [0.2, 0.25) is 5.91 Å². The minimum absolute atomic E-state index is 0.194. The topological polar surface area (TPSA) is 179 Å². The van der Waals surface area contributed by atoms with Crippen LogP contribution in [0.2, 0.25) is 0 Å². The van der Waals surface area contributed by atoms with Crippen LogP contribution in [0.4, 0.5) is 0 Å². The molecule has 25 heavy (non-hydrogen) atoms. The predicted molar refractivity (Wildman–Crippen MR) is 85.4 cm³/mol. The van der Waals surface area contributed by atoms with Gasteiger partial charge in [0.25, 0.3) is 0 Å². The van der Waals surface area contributed by atoms with Gasteiger partial charge < -0.3 is 36.2 Å². The molecule has 1 aromatic carbocycles. The number of carbonyl (C=O) groups is 3. The smallest absolute Gasteiger partial charge is 0.335 e. The van der Waals surface area contributed by atoms with Gasteiger partial charge in [0.05, 0.1) is 6.61 Å². The Morgan fingerprint density at radius 1 is 1.08 bits per heavy atom. The lowest BCUT2D eigenvalue weighted by atomic mass is 10.2. The summed E-state index contributed by atoms with van der Waals surface area (Å²) in [5.41, 5.74) is 6.61. The van der Waals surface area contributed by atoms with Gasteiger partial charge in [-0.05, 0) is 5.56 Å². The number of hydrogen-bond donors (Lipinski definition) is 6. The SMILES string of the molecule is COC[C@@H](N)C(=O)NCc1ccccc1.O=C(O)C(O)C(O)C(=O)O. The van der Waals surface area contributed by atoms with E-state index in [2.05, 4.69) is 5.32 Å². The minimum atomic E-state index is -2.27. The number of carbonyl (C=O) groups excluding carboxylic acids is 1. The monoisotopic (exact) mass is 358 g/mol. The molecule has 0 aliphatic carbocycles. The third-order valence-electron chi connectivity index (χ3n) is 2.80. The third-order valence-corrected chi connectivity index (χ3v) is 2.80. The highest BCUT2D eigenvalue weighted by Crippen LogP contribution is 1.97. The van der Waals surface area contributed by atoms with E-state index in [1.165, 1.54) is 7.11 Å². The zero-order chi connectivity index (χ0) is 19.4. The molecule has 0 aliphatic heterocycles. The normalized spacial score (nSPS) is 13.6. The molecule has 0 heterocycles. The van der Waals surface area contributed by atoms with E-state index in [4.69, 9.17) is 30.9 Å². The molecule has 3 atom stereocenters. The number of carboxylic acid groups (broad SMARTS) is 2. The highest BCUT2D eigenvalue weighted by molar-refractivity contribution is 5.83. The number of rotatable bonds is 8. The first-order chi connectivity index (χ1) is 11.7. The summed E-state index contributed by atoms with van der Waals surface area (Å²) in [7, 11) is 1.52. The van der Waals surface area contributed by atoms with Gasteiger partial charge in [-0.25, -0.2) is 9.59 Å². The molecular weight excluding hydrogens is 336 g/mol. The number of ether oxygens (including phenoxy) is 1. The number of nitrogens with two attached hydrogens (primary N) is 1. The number of hydrogen-bond acceptors (Lipinski definition) is 7. The summed E-state index contributed by atoms with van der Waals surface area (Å²) in [4.78, 5) is 30.9. The standard InChI is InChI=1S/C11H16N2O2.C4H6O6/c1-15-8-10(12)11(14)13-7-9-5-3-2-4-6-9;5-1(3(7)8)2(6)4(9)10/h2-6,10H,7-8,12H2,1H3,(H,13,14);1-2,5-6H,(H,7,8)(H,9,10)/t10-;/m1./s1. The lowest BCUT2D eigenvalue weighted by Crippen LogP contribution is -2.43. The molecule has 7 N–H and O–H groups in total. The highest BCUT2D eigenvalue weighted by atomic mass is 16.5. The van der Waals surface area contributed by atoms with E-state index in [-0.39, 0.29) is 12.5 Å². The molecule has 10 heteroatoms. The first-order valence-electron chi connectivity index (χ1n) is 7.08. The summed E-state index contributed by atoms with van der Waals surface area (Å²) in [6.07, 6.45) is -4.53. The van der Waals surface area contributed by atoms with E-state index >= 15 is 0 Å². The summed E-state index contributed by atoms with van der Waals surface area (Å²) in [6, 6.07) is 9.08. The van der Waals surface area contributed by atoms with Crippen molar-refractivity contribution in [2.45, 2.75) is 24.8 Å². The maximum atomic E-state index is 11.4. The van der Waals surface area contributed by atoms with Crippen LogP contribution in [0.5, 0.6) is 0 Å². The molecular formula is C15H22N2O8. The van der Waals surface area contributed by atoms with Crippen LogP contribution in [-0.4, -0.2) is 70.2 Å². The molecule has 1 aromatic rings. The number of benzene rings is 1. The van der Waals surface area contributed by atoms with Crippen molar-refractivity contribution in [3.63, 3.8) is 0 Å². The Morgan fingerprint density at radius 3 is 1.96 bits per heavy atom. The molecule has 0 fully saturated rings. The zero-order valence-corrected chi connectivity index (χ0v) is 13.5. The summed E-state index contributed by atoms with van der Waals surface area (Å²) in [5, 5.41) is 35.3. The van der Waals surface area contributed by atoms with Crippen LogP contribution in [0.3, 0.4) is 0 Å². The van der Waals surface area contributed by atoms with Gasteiger partial charge in [-0.15, -0.1) is 0 Å². The van der Waals surface area contributed by atoms with E-state index in [0.29, 0.717) is 6.54 Å². The maximum Gasteiger partial charge on any atom is 0.335 e. The second kappa shape index (κ2) is 11.9. The first-order valence-corrected chi connectivity index (χ1v) is 7.08. The van der Waals surface area contributed by atoms with Crippen molar-refractivity contribution < 1.29 is 39.5 Å². The molecule has 0 saturated heterocycles. The summed E-state index contributed by atoms with van der Waals surface area (Å²) >= 11 is 0. The van der Waals surface area contributed by atoms with E-state index in [0.717, 1.165) is 5.56 Å². The van der Waals surface area contributed by atoms with Crippen LogP contribution in [0.15, 0.2) is 30.3 Å². The number of nitrogens with one attached hydrogen (secondary N) is 1. The summed E-state index contributed by atoms with van der Waals surface area (Å²) < 4.78 is 4.79. The third kappa shape index (κ3) is 9.37. The molecule has 1 rings (SSSR count). The van der Waals surface area contributed by atoms with E-state index in [9.17, 15) is 14.4 Å². The second-order valence-electron chi connectivity index (χ2n) is 4.83. The van der Waals surface area contributed by atoms with Gasteiger partial charge in [-0.3, -0.25) is 4.79 Å². The number of aliphatic carboxylic acids is 2. The number of carboxylic acids is 2. The maximum absolute atomic E-state index is 11.4. The number of aliphatic hydroxyl groups excluding tert-OH is 2. The van der Waals surface area contributed by atoms with Crippen molar-refractivity contribution in [1.82, 2.24) is 5.32 Å². The highest BCUT2D eigenvalue weighted by Gasteiger charge is 2.29. The van der Waals surface area contributed by atoms with E-state index in [1.807, 2.05) is 30.3 Å². The van der Waals surface area contributed by atoms with E-state index < -0.39 is 30.2 Å². The van der Waals surface area contributed by atoms with Crippen LogP contribution < -0.4 is 11.1 Å². The minimum Gasteiger partial charge on any atom is -0.479 e. The Kier molecular flexibility index (Phi) is 10.7. The Labute approximate surface area is 143 Å². The van der Waals surface area contributed by atoms with Gasteiger partial charge in [-0.2, -0.15) is 0 Å². The van der Waals surface area contributed by atoms with Crippen molar-refractivity contribution in [2.75, 3.05) is 13.7 Å². The Balaban J connectivity index is 0.000000504. The van der Waals surface area contributed by atoms with Crippen molar-refractivity contribution in [3.05, 3.63) is 35.9 Å². The molecule has 0 saturated carbocycles. The van der Waals surface area contributed by atoms with Crippen molar-refractivity contribution >= 4 is 17.8 Å². The summed E-state index contributed by atoms with van der Waals surface area (Å²) in [6.45, 7) is 0.734. The Morgan fingerprint density at radius 2 is 1.56 bits per heavy atom. The van der Waals surface area contributed by atoms with Crippen LogP contribution in [0, 0.1) is 0 Å². The predicted octanol–water partition coefficient (Wildman–Crippen LogP) is -1.85. The van der Waals surface area contributed by atoms with Crippen molar-refractivity contribution in [3.8, 4) is 0 Å². The fourth-order valence-corrected chi connectivity index (χ4v) is 1.44.